The highest BCUT2D eigenvalue weighted by molar-refractivity contribution is 6.01. The summed E-state index contributed by atoms with van der Waals surface area (Å²) in [5.41, 5.74) is 0.0540. The second-order valence-electron chi connectivity index (χ2n) is 5.77. The predicted molar refractivity (Wildman–Crippen MR) is 93.0 cm³/mol. The SMILES string of the molecule is Cn1ccc2c(-c3ccc(C(F)(F)F)cc3)cnc(NCCO)c2c1=O. The number of nitrogens with zero attached hydrogens (tertiary/aromatic N) is 2. The van der Waals surface area contributed by atoms with E-state index in [1.54, 1.807) is 19.3 Å². The smallest absolute Gasteiger partial charge is 0.395 e. The van der Waals surface area contributed by atoms with Crippen LogP contribution in [0.3, 0.4) is 0 Å². The zero-order valence-corrected chi connectivity index (χ0v) is 13.8. The van der Waals surface area contributed by atoms with E-state index in [1.807, 2.05) is 0 Å². The Morgan fingerprint density at radius 3 is 2.50 bits per heavy atom. The number of pyridine rings is 2. The van der Waals surface area contributed by atoms with Crippen molar-refractivity contribution in [1.82, 2.24) is 9.55 Å². The minimum Gasteiger partial charge on any atom is -0.395 e. The number of hydrogen-bond donors (Lipinski definition) is 2. The van der Waals surface area contributed by atoms with Crippen LogP contribution >= 0.6 is 0 Å². The molecule has 0 atom stereocenters. The maximum atomic E-state index is 12.8. The monoisotopic (exact) mass is 363 g/mol. The average Bonchev–Trinajstić information content (AvgIpc) is 2.62. The Labute approximate surface area is 146 Å². The Morgan fingerprint density at radius 2 is 1.88 bits per heavy atom. The van der Waals surface area contributed by atoms with Gasteiger partial charge in [-0.3, -0.25) is 4.79 Å². The molecule has 0 saturated carbocycles. The van der Waals surface area contributed by atoms with Gasteiger partial charge in [-0.1, -0.05) is 12.1 Å². The summed E-state index contributed by atoms with van der Waals surface area (Å²) in [5, 5.41) is 12.8. The largest absolute Gasteiger partial charge is 0.416 e. The van der Waals surface area contributed by atoms with Crippen LogP contribution < -0.4 is 10.9 Å². The van der Waals surface area contributed by atoms with E-state index in [0.717, 1.165) is 12.1 Å². The standard InChI is InChI=1S/C18H16F3N3O2/c1-24-8-6-13-14(11-2-4-12(5-3-11)18(19,20)21)10-23-16(22-7-9-25)15(13)17(24)26/h2-6,8,10,25H,7,9H2,1H3,(H,22,23). The molecule has 136 valence electrons. The Hall–Kier alpha value is -2.87. The number of alkyl halides is 3. The van der Waals surface area contributed by atoms with E-state index in [-0.39, 0.29) is 18.7 Å². The maximum absolute atomic E-state index is 12.8. The molecule has 3 rings (SSSR count). The van der Waals surface area contributed by atoms with Gasteiger partial charge in [0.25, 0.3) is 5.56 Å². The third-order valence-corrected chi connectivity index (χ3v) is 4.05. The normalized spacial score (nSPS) is 11.7. The summed E-state index contributed by atoms with van der Waals surface area (Å²) in [6, 6.07) is 6.44. The van der Waals surface area contributed by atoms with Crippen molar-refractivity contribution in [2.24, 2.45) is 7.05 Å². The number of aliphatic hydroxyl groups is 1. The molecule has 0 bridgehead atoms. The molecule has 0 radical (unpaired) electrons. The lowest BCUT2D eigenvalue weighted by atomic mass is 10.00. The van der Waals surface area contributed by atoms with Gasteiger partial charge in [0.1, 0.15) is 5.82 Å². The van der Waals surface area contributed by atoms with Crippen molar-refractivity contribution < 1.29 is 18.3 Å². The molecular weight excluding hydrogens is 347 g/mol. The summed E-state index contributed by atoms with van der Waals surface area (Å²) < 4.78 is 39.7. The van der Waals surface area contributed by atoms with Gasteiger partial charge in [-0.2, -0.15) is 13.2 Å². The molecule has 0 unspecified atom stereocenters. The molecule has 5 nitrogen and oxygen atoms in total. The average molecular weight is 363 g/mol. The van der Waals surface area contributed by atoms with Crippen molar-refractivity contribution in [3.63, 3.8) is 0 Å². The molecule has 0 fully saturated rings. The molecule has 2 heterocycles. The topological polar surface area (TPSA) is 67.2 Å². The molecule has 26 heavy (non-hydrogen) atoms. The van der Waals surface area contributed by atoms with Crippen LogP contribution in [0.15, 0.2) is 47.5 Å². The third kappa shape index (κ3) is 3.28. The molecule has 8 heteroatoms. The van der Waals surface area contributed by atoms with Crippen LogP contribution in [-0.4, -0.2) is 27.8 Å². The minimum atomic E-state index is -4.41. The highest BCUT2D eigenvalue weighted by Crippen LogP contribution is 2.33. The van der Waals surface area contributed by atoms with Crippen LogP contribution in [0.1, 0.15) is 5.56 Å². The Bertz CT molecular complexity index is 995. The number of benzene rings is 1. The predicted octanol–water partition coefficient (Wildman–Crippen LogP) is 3.02. The Morgan fingerprint density at radius 1 is 1.19 bits per heavy atom. The molecule has 0 aliphatic carbocycles. The molecule has 0 amide bonds. The van der Waals surface area contributed by atoms with Crippen LogP contribution in [0.4, 0.5) is 19.0 Å². The molecular formula is C18H16F3N3O2. The Balaban J connectivity index is 2.19. The number of fused-ring (bicyclic) bond motifs is 1. The molecule has 3 aromatic rings. The van der Waals surface area contributed by atoms with Crippen molar-refractivity contribution in [2.45, 2.75) is 6.18 Å². The van der Waals surface area contributed by atoms with Crippen molar-refractivity contribution in [2.75, 3.05) is 18.5 Å². The maximum Gasteiger partial charge on any atom is 0.416 e. The molecule has 0 spiro atoms. The van der Waals surface area contributed by atoms with Gasteiger partial charge in [0.05, 0.1) is 17.6 Å². The number of halogens is 3. The first-order chi connectivity index (χ1) is 12.3. The lowest BCUT2D eigenvalue weighted by Gasteiger charge is -2.13. The van der Waals surface area contributed by atoms with Gasteiger partial charge in [-0.15, -0.1) is 0 Å². The second kappa shape index (κ2) is 6.80. The zero-order valence-electron chi connectivity index (χ0n) is 13.8. The van der Waals surface area contributed by atoms with Crippen LogP contribution in [0.2, 0.25) is 0 Å². The molecule has 2 N–H and O–H groups in total. The second-order valence-corrected chi connectivity index (χ2v) is 5.77. The van der Waals surface area contributed by atoms with Crippen LogP contribution in [0.5, 0.6) is 0 Å². The van der Waals surface area contributed by atoms with E-state index in [4.69, 9.17) is 5.11 Å². The number of rotatable bonds is 4. The van der Waals surface area contributed by atoms with Crippen molar-refractivity contribution in [3.05, 3.63) is 58.6 Å². The fourth-order valence-corrected chi connectivity index (χ4v) is 2.72. The summed E-state index contributed by atoms with van der Waals surface area (Å²) in [4.78, 5) is 16.8. The van der Waals surface area contributed by atoms with Gasteiger partial charge in [-0.05, 0) is 23.8 Å². The summed E-state index contributed by atoms with van der Waals surface area (Å²) in [6.07, 6.45) is -1.31. The van der Waals surface area contributed by atoms with Crippen LogP contribution in [0.25, 0.3) is 21.9 Å². The summed E-state index contributed by atoms with van der Waals surface area (Å²) >= 11 is 0. The van der Waals surface area contributed by atoms with Gasteiger partial charge >= 0.3 is 6.18 Å². The fourth-order valence-electron chi connectivity index (χ4n) is 2.72. The number of aliphatic hydroxyl groups excluding tert-OH is 1. The van der Waals surface area contributed by atoms with Gasteiger partial charge in [0.2, 0.25) is 0 Å². The van der Waals surface area contributed by atoms with Crippen molar-refractivity contribution >= 4 is 16.6 Å². The lowest BCUT2D eigenvalue weighted by Crippen LogP contribution is -2.19. The van der Waals surface area contributed by atoms with Gasteiger partial charge in [0, 0.05) is 36.9 Å². The first-order valence-corrected chi connectivity index (χ1v) is 7.83. The lowest BCUT2D eigenvalue weighted by molar-refractivity contribution is -0.137. The summed E-state index contributed by atoms with van der Waals surface area (Å²) in [6.45, 7) is 0.0940. The van der Waals surface area contributed by atoms with Crippen molar-refractivity contribution in [1.29, 1.82) is 0 Å². The first kappa shape index (κ1) is 17.9. The van der Waals surface area contributed by atoms with Gasteiger partial charge in [0.15, 0.2) is 0 Å². The number of nitrogens with one attached hydrogen (secondary N) is 1. The number of aryl methyl sites for hydroxylation is 1. The van der Waals surface area contributed by atoms with E-state index >= 15 is 0 Å². The Kier molecular flexibility index (Phi) is 4.69. The van der Waals surface area contributed by atoms with E-state index in [0.29, 0.717) is 27.7 Å². The number of anilines is 1. The van der Waals surface area contributed by atoms with Gasteiger partial charge in [-0.25, -0.2) is 4.98 Å². The fraction of sp³-hybridized carbons (Fsp3) is 0.222. The summed E-state index contributed by atoms with van der Waals surface area (Å²) in [7, 11) is 1.60. The van der Waals surface area contributed by atoms with E-state index in [9.17, 15) is 18.0 Å². The van der Waals surface area contributed by atoms with E-state index in [2.05, 4.69) is 10.3 Å². The molecule has 1 aromatic carbocycles. The van der Waals surface area contributed by atoms with Gasteiger partial charge < -0.3 is 15.0 Å². The van der Waals surface area contributed by atoms with E-state index < -0.39 is 11.7 Å². The highest BCUT2D eigenvalue weighted by atomic mass is 19.4. The molecule has 0 aliphatic heterocycles. The molecule has 0 saturated heterocycles. The zero-order chi connectivity index (χ0) is 18.9. The van der Waals surface area contributed by atoms with Crippen LogP contribution in [0, 0.1) is 0 Å². The number of aromatic nitrogens is 2. The van der Waals surface area contributed by atoms with Crippen LogP contribution in [-0.2, 0) is 13.2 Å². The van der Waals surface area contributed by atoms with E-state index in [1.165, 1.54) is 22.9 Å². The molecule has 2 aromatic heterocycles. The number of hydrogen-bond acceptors (Lipinski definition) is 4. The summed E-state index contributed by atoms with van der Waals surface area (Å²) in [5.74, 6) is 0.325. The van der Waals surface area contributed by atoms with Crippen molar-refractivity contribution in [3.8, 4) is 11.1 Å². The minimum absolute atomic E-state index is 0.128. The quantitative estimate of drug-likeness (QED) is 0.748. The molecule has 0 aliphatic rings. The highest BCUT2D eigenvalue weighted by Gasteiger charge is 2.30. The first-order valence-electron chi connectivity index (χ1n) is 7.83. The third-order valence-electron chi connectivity index (χ3n) is 4.05.